The van der Waals surface area contributed by atoms with E-state index in [-0.39, 0.29) is 18.8 Å². The van der Waals surface area contributed by atoms with Gasteiger partial charge in [-0.2, -0.15) is 0 Å². The molecule has 0 spiro atoms. The monoisotopic (exact) mass is 227 g/mol. The molecule has 1 aromatic rings. The van der Waals surface area contributed by atoms with E-state index in [0.717, 1.165) is 6.07 Å². The first kappa shape index (κ1) is 11.1. The molecule has 3 atom stereocenters. The van der Waals surface area contributed by atoms with Crippen molar-refractivity contribution in [2.24, 2.45) is 0 Å². The Morgan fingerprint density at radius 1 is 1.56 bits per heavy atom. The molecule has 16 heavy (non-hydrogen) atoms. The Morgan fingerprint density at radius 2 is 2.31 bits per heavy atom. The molecule has 0 amide bonds. The topological polar surface area (TPSA) is 91.9 Å². The van der Waals surface area contributed by atoms with Crippen LogP contribution in [0.15, 0.2) is 23.1 Å². The lowest BCUT2D eigenvalue weighted by Crippen LogP contribution is -2.29. The number of aromatic nitrogens is 1. The van der Waals surface area contributed by atoms with E-state index < -0.39 is 24.0 Å². The number of nitrogens with zero attached hydrogens (tertiary/aromatic N) is 1. The summed E-state index contributed by atoms with van der Waals surface area (Å²) in [6, 6.07) is 2.38. The van der Waals surface area contributed by atoms with Gasteiger partial charge in [-0.25, -0.2) is 0 Å². The molecule has 0 aromatic carbocycles. The fraction of sp³-hybridized carbons (Fsp3) is 0.500. The van der Waals surface area contributed by atoms with Gasteiger partial charge in [0.15, 0.2) is 6.23 Å². The summed E-state index contributed by atoms with van der Waals surface area (Å²) in [6.07, 6.45) is -0.454. The van der Waals surface area contributed by atoms with Crippen LogP contribution in [0.1, 0.15) is 12.6 Å². The molecule has 0 radical (unpaired) electrons. The highest BCUT2D eigenvalue weighted by Crippen LogP contribution is 2.27. The van der Waals surface area contributed by atoms with Crippen molar-refractivity contribution in [2.45, 2.75) is 24.9 Å². The van der Waals surface area contributed by atoms with E-state index in [0.29, 0.717) is 0 Å². The third kappa shape index (κ3) is 1.95. The SMILES string of the molecule is O=c1cc(O)ccn1[C@@H]1O[C@H](CO)C[C@@H]1O. The number of hydrogen-bond acceptors (Lipinski definition) is 5. The first-order chi connectivity index (χ1) is 7.61. The maximum absolute atomic E-state index is 11.5. The van der Waals surface area contributed by atoms with Gasteiger partial charge in [0.1, 0.15) is 11.9 Å². The van der Waals surface area contributed by atoms with E-state index in [9.17, 15) is 9.90 Å². The van der Waals surface area contributed by atoms with Crippen LogP contribution in [0.4, 0.5) is 0 Å². The van der Waals surface area contributed by atoms with E-state index in [1.54, 1.807) is 0 Å². The largest absolute Gasteiger partial charge is 0.508 e. The molecule has 0 aliphatic carbocycles. The molecule has 6 nitrogen and oxygen atoms in total. The molecular weight excluding hydrogens is 214 g/mol. The molecule has 2 rings (SSSR count). The zero-order chi connectivity index (χ0) is 11.7. The second kappa shape index (κ2) is 4.25. The first-order valence-corrected chi connectivity index (χ1v) is 4.97. The van der Waals surface area contributed by atoms with Crippen LogP contribution in [0.5, 0.6) is 5.75 Å². The Kier molecular flexibility index (Phi) is 2.95. The van der Waals surface area contributed by atoms with Crippen LogP contribution < -0.4 is 5.56 Å². The Morgan fingerprint density at radius 3 is 2.88 bits per heavy atom. The molecule has 6 heteroatoms. The third-order valence-corrected chi connectivity index (χ3v) is 2.57. The molecule has 1 aliphatic heterocycles. The second-order valence-corrected chi connectivity index (χ2v) is 3.76. The minimum Gasteiger partial charge on any atom is -0.508 e. The van der Waals surface area contributed by atoms with Crippen molar-refractivity contribution >= 4 is 0 Å². The summed E-state index contributed by atoms with van der Waals surface area (Å²) in [4.78, 5) is 11.5. The van der Waals surface area contributed by atoms with E-state index in [1.165, 1.54) is 16.8 Å². The predicted molar refractivity (Wildman–Crippen MR) is 54.0 cm³/mol. The second-order valence-electron chi connectivity index (χ2n) is 3.76. The summed E-state index contributed by atoms with van der Waals surface area (Å²) in [5.41, 5.74) is -0.456. The number of rotatable bonds is 2. The summed E-state index contributed by atoms with van der Waals surface area (Å²) in [6.45, 7) is -0.194. The van der Waals surface area contributed by atoms with Gasteiger partial charge in [-0.15, -0.1) is 0 Å². The summed E-state index contributed by atoms with van der Waals surface area (Å²) in [5.74, 6) is -0.132. The van der Waals surface area contributed by atoms with Crippen molar-refractivity contribution in [3.8, 4) is 5.75 Å². The van der Waals surface area contributed by atoms with E-state index in [1.807, 2.05) is 0 Å². The normalized spacial score (nSPS) is 29.5. The van der Waals surface area contributed by atoms with E-state index in [4.69, 9.17) is 14.9 Å². The summed E-state index contributed by atoms with van der Waals surface area (Å²) >= 11 is 0. The highest BCUT2D eigenvalue weighted by molar-refractivity contribution is 5.16. The maximum Gasteiger partial charge on any atom is 0.256 e. The molecule has 1 aliphatic rings. The van der Waals surface area contributed by atoms with Gasteiger partial charge in [-0.1, -0.05) is 0 Å². The van der Waals surface area contributed by atoms with Gasteiger partial charge >= 0.3 is 0 Å². The van der Waals surface area contributed by atoms with Crippen LogP contribution in [-0.2, 0) is 4.74 Å². The Labute approximate surface area is 91.3 Å². The lowest BCUT2D eigenvalue weighted by atomic mass is 10.2. The summed E-state index contributed by atoms with van der Waals surface area (Å²) in [5, 5.41) is 27.7. The van der Waals surface area contributed by atoms with Crippen molar-refractivity contribution in [3.63, 3.8) is 0 Å². The molecule has 1 aromatic heterocycles. The average Bonchev–Trinajstić information content (AvgIpc) is 2.60. The lowest BCUT2D eigenvalue weighted by Gasteiger charge is -2.17. The molecule has 0 unspecified atom stereocenters. The minimum atomic E-state index is -0.834. The zero-order valence-corrected chi connectivity index (χ0v) is 8.48. The van der Waals surface area contributed by atoms with Crippen molar-refractivity contribution in [3.05, 3.63) is 28.7 Å². The van der Waals surface area contributed by atoms with Crippen molar-refractivity contribution in [2.75, 3.05) is 6.61 Å². The van der Waals surface area contributed by atoms with E-state index >= 15 is 0 Å². The Hall–Kier alpha value is -1.37. The molecule has 1 fully saturated rings. The first-order valence-electron chi connectivity index (χ1n) is 4.97. The zero-order valence-electron chi connectivity index (χ0n) is 8.48. The van der Waals surface area contributed by atoms with Crippen LogP contribution in [-0.4, -0.2) is 38.7 Å². The lowest BCUT2D eigenvalue weighted by molar-refractivity contribution is -0.0524. The average molecular weight is 227 g/mol. The van der Waals surface area contributed by atoms with Gasteiger partial charge in [0.05, 0.1) is 12.7 Å². The number of hydrogen-bond donors (Lipinski definition) is 3. The Balaban J connectivity index is 2.28. The van der Waals surface area contributed by atoms with Crippen molar-refractivity contribution in [1.82, 2.24) is 4.57 Å². The molecule has 3 N–H and O–H groups in total. The maximum atomic E-state index is 11.5. The molecule has 1 saturated heterocycles. The number of aliphatic hydroxyl groups is 2. The summed E-state index contributed by atoms with van der Waals surface area (Å²) < 4.78 is 6.51. The predicted octanol–water partition coefficient (Wildman–Crippen LogP) is -0.805. The van der Waals surface area contributed by atoms with Crippen LogP contribution in [0.25, 0.3) is 0 Å². The summed E-state index contributed by atoms with van der Waals surface area (Å²) in [7, 11) is 0. The molecule has 0 bridgehead atoms. The van der Waals surface area contributed by atoms with Gasteiger partial charge in [0.25, 0.3) is 5.56 Å². The van der Waals surface area contributed by atoms with Crippen molar-refractivity contribution < 1.29 is 20.1 Å². The van der Waals surface area contributed by atoms with Gasteiger partial charge in [-0.3, -0.25) is 9.36 Å². The van der Waals surface area contributed by atoms with E-state index in [2.05, 4.69) is 0 Å². The number of aromatic hydroxyl groups is 1. The number of pyridine rings is 1. The standard InChI is InChI=1S/C10H13NO5/c12-5-7-4-8(14)10(16-7)11-2-1-6(13)3-9(11)15/h1-3,7-8,10,12-14H,4-5H2/t7-,8-,10+/m0/s1. The minimum absolute atomic E-state index is 0.132. The molecule has 2 heterocycles. The highest BCUT2D eigenvalue weighted by Gasteiger charge is 2.35. The van der Waals surface area contributed by atoms with Crippen LogP contribution in [0.2, 0.25) is 0 Å². The van der Waals surface area contributed by atoms with Crippen LogP contribution in [0.3, 0.4) is 0 Å². The number of ether oxygens (including phenoxy) is 1. The fourth-order valence-electron chi connectivity index (χ4n) is 1.79. The van der Waals surface area contributed by atoms with Gasteiger partial charge < -0.3 is 20.1 Å². The van der Waals surface area contributed by atoms with Crippen molar-refractivity contribution in [1.29, 1.82) is 0 Å². The van der Waals surface area contributed by atoms with Gasteiger partial charge in [-0.05, 0) is 6.07 Å². The smallest absolute Gasteiger partial charge is 0.256 e. The van der Waals surface area contributed by atoms with Gasteiger partial charge in [0, 0.05) is 18.7 Å². The third-order valence-electron chi connectivity index (χ3n) is 2.57. The highest BCUT2D eigenvalue weighted by atomic mass is 16.5. The van der Waals surface area contributed by atoms with Crippen LogP contribution >= 0.6 is 0 Å². The molecule has 0 saturated carbocycles. The molecular formula is C10H13NO5. The quantitative estimate of drug-likeness (QED) is 0.615. The Bertz CT molecular complexity index is 429. The fourth-order valence-corrected chi connectivity index (χ4v) is 1.79. The van der Waals surface area contributed by atoms with Gasteiger partial charge in [0.2, 0.25) is 0 Å². The van der Waals surface area contributed by atoms with Crippen LogP contribution in [0, 0.1) is 0 Å². The molecule has 88 valence electrons. The number of aliphatic hydroxyl groups excluding tert-OH is 2.